The number of ether oxygens (including phenoxy) is 1. The average Bonchev–Trinajstić information content (AvgIpc) is 3.13. The summed E-state index contributed by atoms with van der Waals surface area (Å²) in [5.41, 5.74) is 0. The van der Waals surface area contributed by atoms with Gasteiger partial charge in [0.05, 0.1) is 6.54 Å². The molecule has 1 aliphatic rings. The van der Waals surface area contributed by atoms with Crippen LogP contribution in [0.5, 0.6) is 5.75 Å². The van der Waals surface area contributed by atoms with Crippen molar-refractivity contribution < 1.29 is 19.0 Å². The molecular formula is C19H29FN4O3. The van der Waals surface area contributed by atoms with Crippen LogP contribution >= 0.6 is 0 Å². The fraction of sp³-hybridized carbons (Fsp3) is 0.579. The first-order valence-electron chi connectivity index (χ1n) is 9.40. The Labute approximate surface area is 159 Å². The molecule has 2 rings (SSSR count). The summed E-state index contributed by atoms with van der Waals surface area (Å²) >= 11 is 0. The van der Waals surface area contributed by atoms with Crippen molar-refractivity contribution in [2.45, 2.75) is 38.8 Å². The number of likely N-dealkylation sites (tertiary alicyclic amines) is 1. The predicted octanol–water partition coefficient (Wildman–Crippen LogP) is 1.13. The van der Waals surface area contributed by atoms with Crippen LogP contribution in [0.25, 0.3) is 0 Å². The SMILES string of the molecule is CCNC(=NCC(O)COc1ccc(F)cc1)NC1CCN(C(=O)CC)C1. The van der Waals surface area contributed by atoms with E-state index in [1.165, 1.54) is 24.3 Å². The first-order chi connectivity index (χ1) is 13.0. The number of halogens is 1. The third kappa shape index (κ3) is 7.05. The van der Waals surface area contributed by atoms with Crippen LogP contribution in [-0.4, -0.2) is 66.8 Å². The maximum Gasteiger partial charge on any atom is 0.222 e. The van der Waals surface area contributed by atoms with Gasteiger partial charge in [0.1, 0.15) is 24.3 Å². The molecule has 0 radical (unpaired) electrons. The Bertz CT molecular complexity index is 624. The number of aliphatic hydroxyl groups is 1. The van der Waals surface area contributed by atoms with Crippen LogP contribution < -0.4 is 15.4 Å². The van der Waals surface area contributed by atoms with Crippen LogP contribution in [0.2, 0.25) is 0 Å². The Balaban J connectivity index is 1.80. The van der Waals surface area contributed by atoms with Crippen molar-refractivity contribution in [2.24, 2.45) is 4.99 Å². The zero-order valence-electron chi connectivity index (χ0n) is 15.9. The summed E-state index contributed by atoms with van der Waals surface area (Å²) in [6.07, 6.45) is 0.598. The lowest BCUT2D eigenvalue weighted by Crippen LogP contribution is -2.45. The van der Waals surface area contributed by atoms with Crippen LogP contribution in [0, 0.1) is 5.82 Å². The number of carbonyl (C=O) groups excluding carboxylic acids is 1. The number of hydrogen-bond donors (Lipinski definition) is 3. The van der Waals surface area contributed by atoms with Gasteiger partial charge >= 0.3 is 0 Å². The number of amides is 1. The van der Waals surface area contributed by atoms with Crippen molar-refractivity contribution in [1.82, 2.24) is 15.5 Å². The van der Waals surface area contributed by atoms with Gasteiger partial charge < -0.3 is 25.4 Å². The van der Waals surface area contributed by atoms with Crippen molar-refractivity contribution in [3.05, 3.63) is 30.1 Å². The standard InChI is InChI=1S/C19H29FN4O3/c1-3-18(26)24-10-9-15(12-24)23-19(21-4-2)22-11-16(25)13-27-17-7-5-14(20)6-8-17/h5-8,15-16,25H,3-4,9-13H2,1-2H3,(H2,21,22,23). The Morgan fingerprint density at radius 3 is 2.81 bits per heavy atom. The van der Waals surface area contributed by atoms with E-state index in [0.717, 1.165) is 13.0 Å². The molecule has 7 nitrogen and oxygen atoms in total. The Morgan fingerprint density at radius 2 is 2.15 bits per heavy atom. The monoisotopic (exact) mass is 380 g/mol. The lowest BCUT2D eigenvalue weighted by atomic mass is 10.3. The Morgan fingerprint density at radius 1 is 1.41 bits per heavy atom. The van der Waals surface area contributed by atoms with Gasteiger partial charge in [0.2, 0.25) is 5.91 Å². The second-order valence-corrected chi connectivity index (χ2v) is 6.46. The van der Waals surface area contributed by atoms with E-state index in [4.69, 9.17) is 4.74 Å². The normalized spacial score (nSPS) is 18.3. The first kappa shape index (κ1) is 21.0. The number of nitrogens with one attached hydrogen (secondary N) is 2. The van der Waals surface area contributed by atoms with E-state index in [1.54, 1.807) is 0 Å². The van der Waals surface area contributed by atoms with Crippen molar-refractivity contribution in [3.8, 4) is 5.75 Å². The van der Waals surface area contributed by atoms with Gasteiger partial charge in [0, 0.05) is 32.1 Å². The van der Waals surface area contributed by atoms with Gasteiger partial charge in [-0.05, 0) is 37.6 Å². The molecule has 1 aromatic rings. The summed E-state index contributed by atoms with van der Waals surface area (Å²) in [5, 5.41) is 16.5. The topological polar surface area (TPSA) is 86.2 Å². The quantitative estimate of drug-likeness (QED) is 0.465. The first-order valence-corrected chi connectivity index (χ1v) is 9.40. The van der Waals surface area contributed by atoms with Gasteiger partial charge in [-0.25, -0.2) is 4.39 Å². The molecule has 1 aromatic carbocycles. The Hall–Kier alpha value is -2.35. The molecule has 0 spiro atoms. The highest BCUT2D eigenvalue weighted by molar-refractivity contribution is 5.80. The largest absolute Gasteiger partial charge is 0.491 e. The number of rotatable bonds is 8. The average molecular weight is 380 g/mol. The van der Waals surface area contributed by atoms with Gasteiger partial charge in [0.25, 0.3) is 0 Å². The van der Waals surface area contributed by atoms with E-state index in [2.05, 4.69) is 15.6 Å². The van der Waals surface area contributed by atoms with E-state index in [-0.39, 0.29) is 30.9 Å². The van der Waals surface area contributed by atoms with Crippen LogP contribution in [0.15, 0.2) is 29.3 Å². The molecular weight excluding hydrogens is 351 g/mol. The minimum Gasteiger partial charge on any atom is -0.491 e. The number of nitrogens with zero attached hydrogens (tertiary/aromatic N) is 2. The molecule has 8 heteroatoms. The van der Waals surface area contributed by atoms with Gasteiger partial charge in [-0.1, -0.05) is 6.92 Å². The molecule has 1 saturated heterocycles. The minimum absolute atomic E-state index is 0.0662. The van der Waals surface area contributed by atoms with Gasteiger partial charge in [-0.3, -0.25) is 9.79 Å². The zero-order valence-corrected chi connectivity index (χ0v) is 15.9. The number of guanidine groups is 1. The summed E-state index contributed by atoms with van der Waals surface area (Å²) in [6, 6.07) is 5.79. The molecule has 0 saturated carbocycles. The molecule has 0 aromatic heterocycles. The summed E-state index contributed by atoms with van der Waals surface area (Å²) in [7, 11) is 0. The van der Waals surface area contributed by atoms with E-state index in [0.29, 0.717) is 31.2 Å². The summed E-state index contributed by atoms with van der Waals surface area (Å²) < 4.78 is 18.3. The van der Waals surface area contributed by atoms with Crippen LogP contribution in [-0.2, 0) is 4.79 Å². The third-order valence-electron chi connectivity index (χ3n) is 4.24. The van der Waals surface area contributed by atoms with Gasteiger partial charge in [-0.2, -0.15) is 0 Å². The lowest BCUT2D eigenvalue weighted by Gasteiger charge is -2.19. The number of benzene rings is 1. The molecule has 27 heavy (non-hydrogen) atoms. The maximum absolute atomic E-state index is 12.9. The maximum atomic E-state index is 12.9. The van der Waals surface area contributed by atoms with Crippen LogP contribution in [0.1, 0.15) is 26.7 Å². The number of carbonyl (C=O) groups is 1. The number of aliphatic hydroxyl groups excluding tert-OH is 1. The Kier molecular flexibility index (Phi) is 8.32. The highest BCUT2D eigenvalue weighted by atomic mass is 19.1. The smallest absolute Gasteiger partial charge is 0.222 e. The highest BCUT2D eigenvalue weighted by Crippen LogP contribution is 2.12. The fourth-order valence-corrected chi connectivity index (χ4v) is 2.81. The molecule has 1 fully saturated rings. The third-order valence-corrected chi connectivity index (χ3v) is 4.24. The molecule has 0 aliphatic carbocycles. The summed E-state index contributed by atoms with van der Waals surface area (Å²) in [5.74, 6) is 0.930. The van der Waals surface area contributed by atoms with E-state index in [9.17, 15) is 14.3 Å². The highest BCUT2D eigenvalue weighted by Gasteiger charge is 2.25. The van der Waals surface area contributed by atoms with Crippen molar-refractivity contribution in [3.63, 3.8) is 0 Å². The lowest BCUT2D eigenvalue weighted by molar-refractivity contribution is -0.129. The minimum atomic E-state index is -0.785. The zero-order chi connectivity index (χ0) is 19.6. The van der Waals surface area contributed by atoms with Gasteiger partial charge in [-0.15, -0.1) is 0 Å². The number of aliphatic imine (C=N–C) groups is 1. The van der Waals surface area contributed by atoms with E-state index < -0.39 is 6.10 Å². The molecule has 0 bridgehead atoms. The molecule has 1 amide bonds. The van der Waals surface area contributed by atoms with E-state index >= 15 is 0 Å². The van der Waals surface area contributed by atoms with Crippen molar-refractivity contribution in [2.75, 3.05) is 32.8 Å². The fourth-order valence-electron chi connectivity index (χ4n) is 2.81. The molecule has 1 heterocycles. The molecule has 2 unspecified atom stereocenters. The van der Waals surface area contributed by atoms with Crippen LogP contribution in [0.3, 0.4) is 0 Å². The van der Waals surface area contributed by atoms with Gasteiger partial charge in [0.15, 0.2) is 5.96 Å². The predicted molar refractivity (Wildman–Crippen MR) is 102 cm³/mol. The van der Waals surface area contributed by atoms with Crippen LogP contribution in [0.4, 0.5) is 4.39 Å². The summed E-state index contributed by atoms with van der Waals surface area (Å²) in [4.78, 5) is 18.0. The van der Waals surface area contributed by atoms with Crippen molar-refractivity contribution in [1.29, 1.82) is 0 Å². The van der Waals surface area contributed by atoms with Crippen molar-refractivity contribution >= 4 is 11.9 Å². The molecule has 2 atom stereocenters. The second kappa shape index (κ2) is 10.7. The molecule has 1 aliphatic heterocycles. The second-order valence-electron chi connectivity index (χ2n) is 6.46. The molecule has 3 N–H and O–H groups in total. The molecule has 150 valence electrons. The summed E-state index contributed by atoms with van der Waals surface area (Å²) in [6.45, 7) is 6.16. The number of hydrogen-bond acceptors (Lipinski definition) is 4. The van der Waals surface area contributed by atoms with E-state index in [1.807, 2.05) is 18.7 Å².